The summed E-state index contributed by atoms with van der Waals surface area (Å²) in [6.45, 7) is 5.40. The molecule has 1 aliphatic heterocycles. The van der Waals surface area contributed by atoms with Gasteiger partial charge in [-0.15, -0.1) is 0 Å². The first-order chi connectivity index (χ1) is 13.7. The van der Waals surface area contributed by atoms with Crippen LogP contribution in [0.2, 0.25) is 0 Å². The van der Waals surface area contributed by atoms with E-state index in [-0.39, 0.29) is 0 Å². The van der Waals surface area contributed by atoms with E-state index in [1.807, 2.05) is 19.2 Å². The zero-order valence-electron chi connectivity index (χ0n) is 16.5. The van der Waals surface area contributed by atoms with Crippen molar-refractivity contribution in [2.45, 2.75) is 45.4 Å². The third kappa shape index (κ3) is 4.34. The Morgan fingerprint density at radius 1 is 1.11 bits per heavy atom. The SMILES string of the molecule is Cc1cncc(N2CCCCCN(Cc3c[nH]c4ccccc34)C(O)CC2)n1. The molecule has 1 saturated heterocycles. The number of rotatable bonds is 3. The lowest BCUT2D eigenvalue weighted by molar-refractivity contribution is -0.00833. The monoisotopic (exact) mass is 379 g/mol. The summed E-state index contributed by atoms with van der Waals surface area (Å²) in [6, 6.07) is 8.36. The van der Waals surface area contributed by atoms with Gasteiger partial charge < -0.3 is 15.0 Å². The zero-order valence-corrected chi connectivity index (χ0v) is 16.5. The number of aliphatic hydroxyl groups excluding tert-OH is 1. The van der Waals surface area contributed by atoms with Crippen LogP contribution >= 0.6 is 0 Å². The standard InChI is InChI=1S/C22H29N5O/c1-17-13-23-15-21(25-17)26-10-5-2-6-11-27(22(28)9-12-26)16-18-14-24-20-8-4-3-7-19(18)20/h3-4,7-8,13-15,22,24,28H,2,5-6,9-12,16H2,1H3. The fourth-order valence-electron chi connectivity index (χ4n) is 4.01. The Labute approximate surface area is 166 Å². The molecule has 148 valence electrons. The van der Waals surface area contributed by atoms with Gasteiger partial charge in [0.1, 0.15) is 12.0 Å². The highest BCUT2D eigenvalue weighted by Gasteiger charge is 2.20. The van der Waals surface area contributed by atoms with Crippen LogP contribution in [-0.4, -0.2) is 50.8 Å². The van der Waals surface area contributed by atoms with Gasteiger partial charge in [0.25, 0.3) is 0 Å². The Hall–Kier alpha value is -2.44. The number of para-hydroxylation sites is 1. The highest BCUT2D eigenvalue weighted by Crippen LogP contribution is 2.22. The molecule has 6 heteroatoms. The lowest BCUT2D eigenvalue weighted by atomic mass is 10.1. The van der Waals surface area contributed by atoms with E-state index in [1.165, 1.54) is 10.9 Å². The van der Waals surface area contributed by atoms with Crippen LogP contribution < -0.4 is 4.90 Å². The number of aryl methyl sites for hydroxylation is 1. The molecular formula is C22H29N5O. The topological polar surface area (TPSA) is 68.3 Å². The number of H-pyrrole nitrogens is 1. The van der Waals surface area contributed by atoms with Gasteiger partial charge in [0.15, 0.2) is 0 Å². The van der Waals surface area contributed by atoms with E-state index < -0.39 is 6.23 Å². The van der Waals surface area contributed by atoms with Crippen molar-refractivity contribution in [2.24, 2.45) is 0 Å². The lowest BCUT2D eigenvalue weighted by Gasteiger charge is -2.32. The van der Waals surface area contributed by atoms with E-state index in [1.54, 1.807) is 6.20 Å². The van der Waals surface area contributed by atoms with Crippen LogP contribution in [0.25, 0.3) is 10.9 Å². The van der Waals surface area contributed by atoms with Gasteiger partial charge in [-0.05, 0) is 31.4 Å². The smallest absolute Gasteiger partial charge is 0.147 e. The molecule has 2 N–H and O–H groups in total. The fraction of sp³-hybridized carbons (Fsp3) is 0.455. The molecule has 0 saturated carbocycles. The number of hydrogen-bond donors (Lipinski definition) is 2. The molecule has 3 heterocycles. The quantitative estimate of drug-likeness (QED) is 0.729. The summed E-state index contributed by atoms with van der Waals surface area (Å²) in [5, 5.41) is 12.2. The van der Waals surface area contributed by atoms with E-state index >= 15 is 0 Å². The molecule has 3 aromatic rings. The molecule has 1 unspecified atom stereocenters. The van der Waals surface area contributed by atoms with E-state index in [0.717, 1.165) is 62.5 Å². The minimum absolute atomic E-state index is 0.466. The Kier molecular flexibility index (Phi) is 5.88. The van der Waals surface area contributed by atoms with Crippen molar-refractivity contribution < 1.29 is 5.11 Å². The van der Waals surface area contributed by atoms with Gasteiger partial charge in [0.2, 0.25) is 0 Å². The fourth-order valence-corrected chi connectivity index (χ4v) is 4.01. The summed E-state index contributed by atoms with van der Waals surface area (Å²) in [4.78, 5) is 16.7. The van der Waals surface area contributed by atoms with Gasteiger partial charge in [-0.25, -0.2) is 4.98 Å². The Morgan fingerprint density at radius 3 is 2.86 bits per heavy atom. The molecule has 0 radical (unpaired) electrons. The third-order valence-electron chi connectivity index (χ3n) is 5.57. The first kappa shape index (κ1) is 18.9. The number of nitrogens with zero attached hydrogens (tertiary/aromatic N) is 4. The van der Waals surface area contributed by atoms with Crippen LogP contribution in [0.15, 0.2) is 42.9 Å². The summed E-state index contributed by atoms with van der Waals surface area (Å²) in [5.41, 5.74) is 3.32. The second-order valence-electron chi connectivity index (χ2n) is 7.67. The minimum atomic E-state index is -0.466. The maximum absolute atomic E-state index is 10.9. The first-order valence-electron chi connectivity index (χ1n) is 10.2. The number of hydrogen-bond acceptors (Lipinski definition) is 5. The summed E-state index contributed by atoms with van der Waals surface area (Å²) in [6.07, 6.45) is 9.28. The predicted octanol–water partition coefficient (Wildman–Crippen LogP) is 3.47. The maximum atomic E-state index is 10.9. The zero-order chi connectivity index (χ0) is 19.3. The van der Waals surface area contributed by atoms with Crippen LogP contribution in [0.3, 0.4) is 0 Å². The molecule has 2 aromatic heterocycles. The number of fused-ring (bicyclic) bond motifs is 1. The molecule has 0 bridgehead atoms. The number of nitrogens with one attached hydrogen (secondary N) is 1. The first-order valence-corrected chi connectivity index (χ1v) is 10.2. The Balaban J connectivity index is 1.47. The highest BCUT2D eigenvalue weighted by atomic mass is 16.3. The van der Waals surface area contributed by atoms with Crippen molar-refractivity contribution in [3.05, 3.63) is 54.1 Å². The molecule has 4 rings (SSSR count). The third-order valence-corrected chi connectivity index (χ3v) is 5.57. The van der Waals surface area contributed by atoms with Gasteiger partial charge >= 0.3 is 0 Å². The van der Waals surface area contributed by atoms with Gasteiger partial charge in [-0.2, -0.15) is 0 Å². The number of aromatic nitrogens is 3. The summed E-state index contributed by atoms with van der Waals surface area (Å²) in [5.74, 6) is 0.913. The number of benzene rings is 1. The second-order valence-corrected chi connectivity index (χ2v) is 7.67. The molecule has 0 aliphatic carbocycles. The van der Waals surface area contributed by atoms with Crippen LogP contribution in [0.4, 0.5) is 5.82 Å². The average Bonchev–Trinajstić information content (AvgIpc) is 3.11. The van der Waals surface area contributed by atoms with Crippen molar-refractivity contribution >= 4 is 16.7 Å². The summed E-state index contributed by atoms with van der Waals surface area (Å²) < 4.78 is 0. The molecular weight excluding hydrogens is 350 g/mol. The maximum Gasteiger partial charge on any atom is 0.147 e. The van der Waals surface area contributed by atoms with Gasteiger partial charge in [0, 0.05) is 55.9 Å². The summed E-state index contributed by atoms with van der Waals surface area (Å²) >= 11 is 0. The molecule has 6 nitrogen and oxygen atoms in total. The molecule has 0 amide bonds. The molecule has 0 spiro atoms. The average molecular weight is 380 g/mol. The molecule has 1 aromatic carbocycles. The molecule has 1 fully saturated rings. The van der Waals surface area contributed by atoms with E-state index in [2.05, 4.69) is 49.1 Å². The second kappa shape index (κ2) is 8.71. The lowest BCUT2D eigenvalue weighted by Crippen LogP contribution is -2.40. The summed E-state index contributed by atoms with van der Waals surface area (Å²) in [7, 11) is 0. The number of aromatic amines is 1. The van der Waals surface area contributed by atoms with Crippen LogP contribution in [0.5, 0.6) is 0 Å². The minimum Gasteiger partial charge on any atom is -0.378 e. The van der Waals surface area contributed by atoms with Crippen molar-refractivity contribution in [1.29, 1.82) is 0 Å². The van der Waals surface area contributed by atoms with Crippen LogP contribution in [0.1, 0.15) is 36.9 Å². The molecule has 28 heavy (non-hydrogen) atoms. The largest absolute Gasteiger partial charge is 0.378 e. The number of anilines is 1. The van der Waals surface area contributed by atoms with Gasteiger partial charge in [0.05, 0.1) is 11.9 Å². The van der Waals surface area contributed by atoms with Crippen molar-refractivity contribution in [1.82, 2.24) is 19.9 Å². The van der Waals surface area contributed by atoms with E-state index in [4.69, 9.17) is 0 Å². The highest BCUT2D eigenvalue weighted by molar-refractivity contribution is 5.82. The van der Waals surface area contributed by atoms with Gasteiger partial charge in [-0.1, -0.05) is 24.6 Å². The Morgan fingerprint density at radius 2 is 1.96 bits per heavy atom. The van der Waals surface area contributed by atoms with Crippen molar-refractivity contribution in [2.75, 3.05) is 24.5 Å². The van der Waals surface area contributed by atoms with Gasteiger partial charge in [-0.3, -0.25) is 9.88 Å². The normalized spacial score (nSPS) is 19.8. The van der Waals surface area contributed by atoms with Crippen molar-refractivity contribution in [3.8, 4) is 0 Å². The Bertz CT molecular complexity index is 909. The van der Waals surface area contributed by atoms with E-state index in [9.17, 15) is 5.11 Å². The van der Waals surface area contributed by atoms with Crippen molar-refractivity contribution in [3.63, 3.8) is 0 Å². The molecule has 1 atom stereocenters. The van der Waals surface area contributed by atoms with Crippen LogP contribution in [0, 0.1) is 6.92 Å². The number of aliphatic hydroxyl groups is 1. The molecule has 1 aliphatic rings. The van der Waals surface area contributed by atoms with E-state index in [0.29, 0.717) is 6.42 Å². The van der Waals surface area contributed by atoms with Crippen LogP contribution in [-0.2, 0) is 6.54 Å². The predicted molar refractivity (Wildman–Crippen MR) is 112 cm³/mol.